The summed E-state index contributed by atoms with van der Waals surface area (Å²) in [5.41, 5.74) is 3.72. The molecule has 2 nitrogen and oxygen atoms in total. The van der Waals surface area contributed by atoms with Gasteiger partial charge in [-0.3, -0.25) is 0 Å². The minimum atomic E-state index is 0.248. The van der Waals surface area contributed by atoms with Gasteiger partial charge in [0.2, 0.25) is 5.28 Å². The molecule has 31 heavy (non-hydrogen) atoms. The topological polar surface area (TPSA) is 25.8 Å². The third kappa shape index (κ3) is 3.13. The van der Waals surface area contributed by atoms with E-state index in [4.69, 9.17) is 11.6 Å². The number of rotatable bonds is 2. The standard InChI is InChI=1S/C28H17ClN2/c29-28-30-26(21-14-13-18-7-1-2-8-19(18)15-21)17-27(31-28)25-16-20-9-3-4-10-22(20)23-11-5-6-12-24(23)25/h1-17H. The van der Waals surface area contributed by atoms with Crippen LogP contribution in [-0.4, -0.2) is 9.97 Å². The number of nitrogens with zero attached hydrogens (tertiary/aromatic N) is 2. The predicted octanol–water partition coefficient (Wildman–Crippen LogP) is 7.92. The van der Waals surface area contributed by atoms with E-state index in [9.17, 15) is 0 Å². The molecule has 6 aromatic rings. The van der Waals surface area contributed by atoms with E-state index in [0.29, 0.717) is 0 Å². The van der Waals surface area contributed by atoms with Crippen LogP contribution in [0, 0.1) is 0 Å². The van der Waals surface area contributed by atoms with Gasteiger partial charge in [-0.15, -0.1) is 0 Å². The molecule has 146 valence electrons. The van der Waals surface area contributed by atoms with Gasteiger partial charge in [0.05, 0.1) is 11.4 Å². The van der Waals surface area contributed by atoms with Gasteiger partial charge in [0.25, 0.3) is 0 Å². The minimum Gasteiger partial charge on any atom is -0.218 e. The van der Waals surface area contributed by atoms with Gasteiger partial charge < -0.3 is 0 Å². The molecule has 0 unspecified atom stereocenters. The summed E-state index contributed by atoms with van der Waals surface area (Å²) in [6.45, 7) is 0. The second-order valence-corrected chi connectivity index (χ2v) is 8.00. The van der Waals surface area contributed by atoms with Crippen molar-refractivity contribution in [3.8, 4) is 22.5 Å². The van der Waals surface area contributed by atoms with Gasteiger partial charge >= 0.3 is 0 Å². The Morgan fingerprint density at radius 1 is 0.484 bits per heavy atom. The average molecular weight is 417 g/mol. The van der Waals surface area contributed by atoms with Crippen LogP contribution < -0.4 is 0 Å². The quantitative estimate of drug-likeness (QED) is 0.211. The van der Waals surface area contributed by atoms with Crippen molar-refractivity contribution in [2.24, 2.45) is 0 Å². The molecule has 3 heteroatoms. The first kappa shape index (κ1) is 18.1. The highest BCUT2D eigenvalue weighted by molar-refractivity contribution is 6.28. The molecule has 0 aliphatic rings. The average Bonchev–Trinajstić information content (AvgIpc) is 2.83. The monoisotopic (exact) mass is 416 g/mol. The molecular weight excluding hydrogens is 400 g/mol. The molecule has 0 aliphatic heterocycles. The summed E-state index contributed by atoms with van der Waals surface area (Å²) >= 11 is 6.42. The largest absolute Gasteiger partial charge is 0.223 e. The number of halogens is 1. The van der Waals surface area contributed by atoms with E-state index in [1.807, 2.05) is 18.2 Å². The summed E-state index contributed by atoms with van der Waals surface area (Å²) in [6, 6.07) is 35.8. The van der Waals surface area contributed by atoms with E-state index >= 15 is 0 Å². The summed E-state index contributed by atoms with van der Waals surface area (Å²) < 4.78 is 0. The highest BCUT2D eigenvalue weighted by Crippen LogP contribution is 2.36. The first-order valence-electron chi connectivity index (χ1n) is 10.2. The summed E-state index contributed by atoms with van der Waals surface area (Å²) in [5.74, 6) is 0. The molecule has 0 spiro atoms. The molecule has 0 atom stereocenters. The Morgan fingerprint density at radius 2 is 1.13 bits per heavy atom. The zero-order valence-electron chi connectivity index (χ0n) is 16.6. The molecule has 0 radical (unpaired) electrons. The lowest BCUT2D eigenvalue weighted by Gasteiger charge is -2.12. The molecule has 0 saturated carbocycles. The number of benzene rings is 5. The Hall–Kier alpha value is -3.75. The van der Waals surface area contributed by atoms with Crippen molar-refractivity contribution in [1.82, 2.24) is 9.97 Å². The van der Waals surface area contributed by atoms with Gasteiger partial charge in [0, 0.05) is 11.1 Å². The van der Waals surface area contributed by atoms with Crippen molar-refractivity contribution in [2.75, 3.05) is 0 Å². The van der Waals surface area contributed by atoms with Crippen molar-refractivity contribution < 1.29 is 0 Å². The first-order chi connectivity index (χ1) is 15.3. The van der Waals surface area contributed by atoms with Crippen LogP contribution in [0.15, 0.2) is 103 Å². The van der Waals surface area contributed by atoms with Gasteiger partial charge in [-0.1, -0.05) is 84.9 Å². The zero-order chi connectivity index (χ0) is 20.8. The Labute approximate surface area is 184 Å². The van der Waals surface area contributed by atoms with Crippen LogP contribution in [0.3, 0.4) is 0 Å². The third-order valence-electron chi connectivity index (χ3n) is 5.79. The maximum atomic E-state index is 6.42. The molecule has 0 aliphatic carbocycles. The second kappa shape index (κ2) is 7.19. The van der Waals surface area contributed by atoms with Crippen LogP contribution in [0.2, 0.25) is 5.28 Å². The van der Waals surface area contributed by atoms with Crippen LogP contribution in [0.25, 0.3) is 54.8 Å². The van der Waals surface area contributed by atoms with Gasteiger partial charge in [-0.05, 0) is 62.1 Å². The predicted molar refractivity (Wildman–Crippen MR) is 130 cm³/mol. The van der Waals surface area contributed by atoms with E-state index in [-0.39, 0.29) is 5.28 Å². The number of aromatic nitrogens is 2. The van der Waals surface area contributed by atoms with E-state index in [2.05, 4.69) is 94.9 Å². The molecule has 5 aromatic carbocycles. The fraction of sp³-hybridized carbons (Fsp3) is 0. The zero-order valence-corrected chi connectivity index (χ0v) is 17.3. The van der Waals surface area contributed by atoms with E-state index < -0.39 is 0 Å². The third-order valence-corrected chi connectivity index (χ3v) is 5.96. The molecule has 6 rings (SSSR count). The normalized spacial score (nSPS) is 11.4. The lowest BCUT2D eigenvalue weighted by molar-refractivity contribution is 1.18. The number of hydrogen-bond donors (Lipinski definition) is 0. The molecular formula is C28H17ClN2. The fourth-order valence-electron chi connectivity index (χ4n) is 4.32. The van der Waals surface area contributed by atoms with Crippen LogP contribution in [0.5, 0.6) is 0 Å². The van der Waals surface area contributed by atoms with Crippen molar-refractivity contribution in [3.63, 3.8) is 0 Å². The van der Waals surface area contributed by atoms with Crippen LogP contribution in [0.1, 0.15) is 0 Å². The molecule has 0 N–H and O–H groups in total. The number of hydrogen-bond acceptors (Lipinski definition) is 2. The Kier molecular flexibility index (Phi) is 4.19. The highest BCUT2D eigenvalue weighted by Gasteiger charge is 2.13. The second-order valence-electron chi connectivity index (χ2n) is 7.66. The van der Waals surface area contributed by atoms with Crippen molar-refractivity contribution in [3.05, 3.63) is 108 Å². The van der Waals surface area contributed by atoms with Gasteiger partial charge in [-0.25, -0.2) is 9.97 Å². The van der Waals surface area contributed by atoms with E-state index in [1.165, 1.54) is 26.9 Å². The Balaban J connectivity index is 1.60. The lowest BCUT2D eigenvalue weighted by Crippen LogP contribution is -1.93. The first-order valence-corrected chi connectivity index (χ1v) is 10.6. The maximum Gasteiger partial charge on any atom is 0.223 e. The molecule has 0 fully saturated rings. The lowest BCUT2D eigenvalue weighted by atomic mass is 9.95. The van der Waals surface area contributed by atoms with Gasteiger partial charge in [0.1, 0.15) is 0 Å². The molecule has 0 saturated heterocycles. The van der Waals surface area contributed by atoms with Crippen LogP contribution in [-0.2, 0) is 0 Å². The highest BCUT2D eigenvalue weighted by atomic mass is 35.5. The van der Waals surface area contributed by atoms with Crippen LogP contribution in [0.4, 0.5) is 0 Å². The molecule has 1 heterocycles. The van der Waals surface area contributed by atoms with Gasteiger partial charge in [0.15, 0.2) is 0 Å². The van der Waals surface area contributed by atoms with E-state index in [0.717, 1.165) is 27.9 Å². The fourth-order valence-corrected chi connectivity index (χ4v) is 4.50. The Bertz CT molecular complexity index is 1600. The van der Waals surface area contributed by atoms with Crippen molar-refractivity contribution in [1.29, 1.82) is 0 Å². The van der Waals surface area contributed by atoms with Crippen molar-refractivity contribution in [2.45, 2.75) is 0 Å². The van der Waals surface area contributed by atoms with Crippen molar-refractivity contribution >= 4 is 43.9 Å². The Morgan fingerprint density at radius 3 is 1.97 bits per heavy atom. The molecule has 0 amide bonds. The minimum absolute atomic E-state index is 0.248. The molecule has 0 bridgehead atoms. The van der Waals surface area contributed by atoms with Gasteiger partial charge in [-0.2, -0.15) is 0 Å². The number of fused-ring (bicyclic) bond motifs is 4. The summed E-state index contributed by atoms with van der Waals surface area (Å²) in [6.07, 6.45) is 0. The smallest absolute Gasteiger partial charge is 0.218 e. The molecule has 1 aromatic heterocycles. The summed E-state index contributed by atoms with van der Waals surface area (Å²) in [4.78, 5) is 9.14. The summed E-state index contributed by atoms with van der Waals surface area (Å²) in [7, 11) is 0. The van der Waals surface area contributed by atoms with Crippen LogP contribution >= 0.6 is 11.6 Å². The van der Waals surface area contributed by atoms with E-state index in [1.54, 1.807) is 0 Å². The SMILES string of the molecule is Clc1nc(-c2ccc3ccccc3c2)cc(-c2cc3ccccc3c3ccccc23)n1. The summed E-state index contributed by atoms with van der Waals surface area (Å²) in [5, 5.41) is 7.39. The maximum absolute atomic E-state index is 6.42.